The minimum Gasteiger partial charge on any atom is -0.473 e. The van der Waals surface area contributed by atoms with Crippen molar-refractivity contribution in [3.8, 4) is 5.88 Å². The summed E-state index contributed by atoms with van der Waals surface area (Å²) in [5.41, 5.74) is -0.131. The number of nitro groups is 1. The van der Waals surface area contributed by atoms with Gasteiger partial charge in [0.05, 0.1) is 11.5 Å². The number of anilines is 1. The summed E-state index contributed by atoms with van der Waals surface area (Å²) in [4.78, 5) is 19.6. The minimum absolute atomic E-state index is 0.0971. The lowest BCUT2D eigenvalue weighted by Gasteiger charge is -2.15. The van der Waals surface area contributed by atoms with Gasteiger partial charge in [-0.15, -0.1) is 0 Å². The molecule has 21 heavy (non-hydrogen) atoms. The molecule has 0 saturated heterocycles. The highest BCUT2D eigenvalue weighted by Crippen LogP contribution is 2.42. The van der Waals surface area contributed by atoms with E-state index < -0.39 is 4.92 Å². The first-order valence-electron chi connectivity index (χ1n) is 7.64. The predicted molar refractivity (Wildman–Crippen MR) is 77.7 cm³/mol. The van der Waals surface area contributed by atoms with E-state index in [-0.39, 0.29) is 17.6 Å². The first-order valence-corrected chi connectivity index (χ1v) is 7.64. The number of nitrogens with zero attached hydrogens (tertiary/aromatic N) is 3. The summed E-state index contributed by atoms with van der Waals surface area (Å²) in [5, 5.41) is 14.6. The number of nitrogens with one attached hydrogen (secondary N) is 1. The van der Waals surface area contributed by atoms with Gasteiger partial charge in [-0.25, -0.2) is 4.98 Å². The van der Waals surface area contributed by atoms with E-state index in [0.29, 0.717) is 24.2 Å². The fraction of sp³-hybridized carbons (Fsp3) is 0.714. The van der Waals surface area contributed by atoms with E-state index in [1.54, 1.807) is 6.92 Å². The van der Waals surface area contributed by atoms with Crippen molar-refractivity contribution in [1.82, 2.24) is 9.97 Å². The zero-order chi connectivity index (χ0) is 14.8. The van der Waals surface area contributed by atoms with Gasteiger partial charge < -0.3 is 10.1 Å². The summed E-state index contributed by atoms with van der Waals surface area (Å²) < 4.78 is 5.39. The number of ether oxygens (including phenoxy) is 1. The van der Waals surface area contributed by atoms with Crippen molar-refractivity contribution in [2.45, 2.75) is 57.4 Å². The molecule has 2 saturated carbocycles. The van der Waals surface area contributed by atoms with Crippen molar-refractivity contribution in [1.29, 1.82) is 0 Å². The van der Waals surface area contributed by atoms with Crippen molar-refractivity contribution in [3.05, 3.63) is 15.9 Å². The molecule has 2 aliphatic rings. The van der Waals surface area contributed by atoms with Gasteiger partial charge in [-0.3, -0.25) is 10.1 Å². The molecule has 2 aliphatic carbocycles. The average molecular weight is 292 g/mol. The fourth-order valence-electron chi connectivity index (χ4n) is 2.74. The second-order valence-corrected chi connectivity index (χ2v) is 5.67. The maximum atomic E-state index is 11.4. The zero-order valence-corrected chi connectivity index (χ0v) is 12.2. The van der Waals surface area contributed by atoms with Crippen molar-refractivity contribution >= 4 is 11.5 Å². The van der Waals surface area contributed by atoms with Crippen LogP contribution < -0.4 is 10.1 Å². The molecule has 0 aromatic carbocycles. The number of hydrogen-bond donors (Lipinski definition) is 1. The molecule has 0 amide bonds. The van der Waals surface area contributed by atoms with Crippen molar-refractivity contribution < 1.29 is 9.66 Å². The van der Waals surface area contributed by atoms with E-state index in [1.165, 1.54) is 0 Å². The normalized spacial score (nSPS) is 18.7. The van der Waals surface area contributed by atoms with Crippen LogP contribution >= 0.6 is 0 Å². The van der Waals surface area contributed by atoms with Gasteiger partial charge in [0, 0.05) is 12.0 Å². The smallest absolute Gasteiger partial charge is 0.372 e. The third kappa shape index (κ3) is 3.06. The largest absolute Gasteiger partial charge is 0.473 e. The highest BCUT2D eigenvalue weighted by atomic mass is 16.6. The molecule has 0 atom stereocenters. The number of rotatable bonds is 6. The Morgan fingerprint density at radius 3 is 2.57 bits per heavy atom. The van der Waals surface area contributed by atoms with Gasteiger partial charge in [-0.1, -0.05) is 12.8 Å². The topological polar surface area (TPSA) is 90.2 Å². The van der Waals surface area contributed by atoms with Gasteiger partial charge in [0.15, 0.2) is 0 Å². The SMILES string of the molecule is CCOc1nc(C2CC2)nc(NC2CCCC2)c1[N+](=O)[O-]. The Bertz CT molecular complexity index is 539. The fourth-order valence-corrected chi connectivity index (χ4v) is 2.74. The van der Waals surface area contributed by atoms with Crippen LogP contribution in [-0.4, -0.2) is 27.5 Å². The van der Waals surface area contributed by atoms with E-state index in [1.807, 2.05) is 0 Å². The quantitative estimate of drug-likeness (QED) is 0.640. The van der Waals surface area contributed by atoms with E-state index >= 15 is 0 Å². The molecule has 2 fully saturated rings. The van der Waals surface area contributed by atoms with Gasteiger partial charge in [0.1, 0.15) is 5.82 Å². The van der Waals surface area contributed by atoms with Crippen molar-refractivity contribution in [2.75, 3.05) is 11.9 Å². The lowest BCUT2D eigenvalue weighted by atomic mass is 10.2. The second-order valence-electron chi connectivity index (χ2n) is 5.67. The summed E-state index contributed by atoms with van der Waals surface area (Å²) in [6.45, 7) is 2.15. The molecule has 0 aliphatic heterocycles. The van der Waals surface area contributed by atoms with E-state index in [2.05, 4.69) is 15.3 Å². The number of hydrogen-bond acceptors (Lipinski definition) is 6. The van der Waals surface area contributed by atoms with Crippen molar-refractivity contribution in [2.24, 2.45) is 0 Å². The number of aromatic nitrogens is 2. The highest BCUT2D eigenvalue weighted by Gasteiger charge is 2.33. The van der Waals surface area contributed by atoms with Gasteiger partial charge in [0.25, 0.3) is 5.88 Å². The van der Waals surface area contributed by atoms with Crippen LogP contribution in [0, 0.1) is 10.1 Å². The lowest BCUT2D eigenvalue weighted by Crippen LogP contribution is -2.18. The van der Waals surface area contributed by atoms with Crippen LogP contribution in [0.2, 0.25) is 0 Å². The van der Waals surface area contributed by atoms with Gasteiger partial charge in [-0.2, -0.15) is 4.98 Å². The molecule has 1 N–H and O–H groups in total. The lowest BCUT2D eigenvalue weighted by molar-refractivity contribution is -0.385. The zero-order valence-electron chi connectivity index (χ0n) is 12.2. The van der Waals surface area contributed by atoms with Crippen LogP contribution in [0.3, 0.4) is 0 Å². The maximum Gasteiger partial charge on any atom is 0.372 e. The molecule has 0 spiro atoms. The Hall–Kier alpha value is -1.92. The molecule has 1 aromatic rings. The summed E-state index contributed by atoms with van der Waals surface area (Å²) in [6, 6.07) is 0.264. The van der Waals surface area contributed by atoms with Crippen LogP contribution in [0.5, 0.6) is 5.88 Å². The van der Waals surface area contributed by atoms with Gasteiger partial charge in [-0.05, 0) is 32.6 Å². The molecule has 7 nitrogen and oxygen atoms in total. The monoisotopic (exact) mass is 292 g/mol. The molecular formula is C14H20N4O3. The Morgan fingerprint density at radius 1 is 1.29 bits per heavy atom. The summed E-state index contributed by atoms with van der Waals surface area (Å²) in [5.74, 6) is 1.42. The third-order valence-electron chi connectivity index (χ3n) is 3.97. The molecule has 114 valence electrons. The summed E-state index contributed by atoms with van der Waals surface area (Å²) >= 11 is 0. The van der Waals surface area contributed by atoms with Gasteiger partial charge >= 0.3 is 5.69 Å². The minimum atomic E-state index is -0.445. The highest BCUT2D eigenvalue weighted by molar-refractivity contribution is 5.62. The third-order valence-corrected chi connectivity index (χ3v) is 3.97. The van der Waals surface area contributed by atoms with Crippen LogP contribution in [0.15, 0.2) is 0 Å². The maximum absolute atomic E-state index is 11.4. The summed E-state index contributed by atoms with van der Waals surface area (Å²) in [6.07, 6.45) is 6.47. The Morgan fingerprint density at radius 2 is 2.00 bits per heavy atom. The molecule has 0 bridgehead atoms. The molecule has 1 heterocycles. The Balaban J connectivity index is 1.97. The van der Waals surface area contributed by atoms with Crippen LogP contribution in [-0.2, 0) is 0 Å². The van der Waals surface area contributed by atoms with Crippen molar-refractivity contribution in [3.63, 3.8) is 0 Å². The standard InChI is InChI=1S/C14H20N4O3/c1-2-21-14-11(18(19)20)13(15-10-5-3-4-6-10)16-12(17-14)9-7-8-9/h9-10H,2-8H2,1H3,(H,15,16,17). The van der Waals surface area contributed by atoms with Crippen LogP contribution in [0.1, 0.15) is 57.2 Å². The molecule has 7 heteroatoms. The predicted octanol–water partition coefficient (Wildman–Crippen LogP) is 3.02. The molecular weight excluding hydrogens is 272 g/mol. The Kier molecular flexibility index (Phi) is 3.90. The first kappa shape index (κ1) is 14.0. The second kappa shape index (κ2) is 5.83. The molecule has 1 aromatic heterocycles. The van der Waals surface area contributed by atoms with E-state index in [0.717, 1.165) is 38.5 Å². The molecule has 0 unspecified atom stereocenters. The van der Waals surface area contributed by atoms with Crippen LogP contribution in [0.4, 0.5) is 11.5 Å². The average Bonchev–Trinajstić information content (AvgIpc) is 3.17. The van der Waals surface area contributed by atoms with Crippen LogP contribution in [0.25, 0.3) is 0 Å². The molecule has 3 rings (SSSR count). The summed E-state index contributed by atoms with van der Waals surface area (Å²) in [7, 11) is 0. The first-order chi connectivity index (χ1) is 10.2. The van der Waals surface area contributed by atoms with E-state index in [4.69, 9.17) is 4.74 Å². The van der Waals surface area contributed by atoms with Gasteiger partial charge in [0.2, 0.25) is 5.82 Å². The van der Waals surface area contributed by atoms with E-state index in [9.17, 15) is 10.1 Å². The Labute approximate surface area is 123 Å². The molecule has 0 radical (unpaired) electrons.